The third-order valence-corrected chi connectivity index (χ3v) is 3.79. The van der Waals surface area contributed by atoms with Gasteiger partial charge in [0.15, 0.2) is 0 Å². The number of rotatable bonds is 4. The number of hydrogen-bond acceptors (Lipinski definition) is 2. The maximum absolute atomic E-state index is 12.8. The van der Waals surface area contributed by atoms with Gasteiger partial charge in [-0.2, -0.15) is 0 Å². The van der Waals surface area contributed by atoms with E-state index >= 15 is 0 Å². The Morgan fingerprint density at radius 2 is 1.89 bits per heavy atom. The number of nitrogens with one attached hydrogen (secondary N) is 1. The van der Waals surface area contributed by atoms with Crippen molar-refractivity contribution in [1.82, 2.24) is 5.32 Å². The lowest BCUT2D eigenvalue weighted by atomic mass is 10.2. The van der Waals surface area contributed by atoms with Gasteiger partial charge >= 0.3 is 0 Å². The largest absolute Gasteiger partial charge is 0.316 e. The fourth-order valence-electron chi connectivity index (χ4n) is 1.61. The van der Waals surface area contributed by atoms with Crippen molar-refractivity contribution in [3.05, 3.63) is 58.9 Å². The molecule has 0 aromatic heterocycles. The molecule has 0 bridgehead atoms. The van der Waals surface area contributed by atoms with Crippen molar-refractivity contribution < 1.29 is 4.39 Å². The Hall–Kier alpha value is -1.03. The van der Waals surface area contributed by atoms with E-state index < -0.39 is 0 Å². The van der Waals surface area contributed by atoms with Gasteiger partial charge in [0.05, 0.1) is 0 Å². The van der Waals surface area contributed by atoms with E-state index in [9.17, 15) is 4.39 Å². The fourth-order valence-corrected chi connectivity index (χ4v) is 2.72. The molecule has 0 spiro atoms. The van der Waals surface area contributed by atoms with E-state index in [-0.39, 0.29) is 5.82 Å². The molecule has 18 heavy (non-hydrogen) atoms. The minimum Gasteiger partial charge on any atom is -0.316 e. The summed E-state index contributed by atoms with van der Waals surface area (Å²) in [5.74, 6) is -0.217. The van der Waals surface area contributed by atoms with E-state index in [1.165, 1.54) is 12.1 Å². The molecule has 0 aliphatic rings. The van der Waals surface area contributed by atoms with Crippen LogP contribution in [-0.4, -0.2) is 7.05 Å². The molecule has 0 fully saturated rings. The molecule has 4 heteroatoms. The highest BCUT2D eigenvalue weighted by Gasteiger charge is 2.05. The van der Waals surface area contributed by atoms with Gasteiger partial charge in [0.1, 0.15) is 5.82 Å². The SMILES string of the molecule is CNCc1cc(Cl)ccc1Sc1ccc(F)cc1. The van der Waals surface area contributed by atoms with Gasteiger partial charge < -0.3 is 5.32 Å². The van der Waals surface area contributed by atoms with E-state index in [1.807, 2.05) is 25.2 Å². The lowest BCUT2D eigenvalue weighted by Crippen LogP contribution is -2.06. The molecule has 2 aromatic carbocycles. The Morgan fingerprint density at radius 3 is 2.56 bits per heavy atom. The summed E-state index contributed by atoms with van der Waals surface area (Å²) in [7, 11) is 1.90. The maximum Gasteiger partial charge on any atom is 0.123 e. The van der Waals surface area contributed by atoms with Crippen LogP contribution in [0.2, 0.25) is 5.02 Å². The maximum atomic E-state index is 12.8. The second-order valence-electron chi connectivity index (χ2n) is 3.84. The first kappa shape index (κ1) is 13.4. The van der Waals surface area contributed by atoms with Crippen molar-refractivity contribution in [2.75, 3.05) is 7.05 Å². The minimum absolute atomic E-state index is 0.217. The van der Waals surface area contributed by atoms with E-state index in [0.29, 0.717) is 0 Å². The van der Waals surface area contributed by atoms with E-state index in [4.69, 9.17) is 11.6 Å². The number of halogens is 2. The van der Waals surface area contributed by atoms with E-state index in [1.54, 1.807) is 23.9 Å². The fraction of sp³-hybridized carbons (Fsp3) is 0.143. The monoisotopic (exact) mass is 281 g/mol. The molecule has 1 nitrogen and oxygen atoms in total. The summed E-state index contributed by atoms with van der Waals surface area (Å²) in [4.78, 5) is 2.14. The predicted octanol–water partition coefficient (Wildman–Crippen LogP) is 4.35. The van der Waals surface area contributed by atoms with Crippen molar-refractivity contribution >= 4 is 23.4 Å². The summed E-state index contributed by atoms with van der Waals surface area (Å²) < 4.78 is 12.8. The lowest BCUT2D eigenvalue weighted by molar-refractivity contribution is 0.626. The van der Waals surface area contributed by atoms with E-state index in [0.717, 1.165) is 26.9 Å². The van der Waals surface area contributed by atoms with Crippen LogP contribution in [0.3, 0.4) is 0 Å². The molecule has 0 heterocycles. The summed E-state index contributed by atoms with van der Waals surface area (Å²) in [5.41, 5.74) is 1.14. The molecule has 0 radical (unpaired) electrons. The average Bonchev–Trinajstić information content (AvgIpc) is 2.36. The molecule has 0 unspecified atom stereocenters. The van der Waals surface area contributed by atoms with Crippen LogP contribution < -0.4 is 5.32 Å². The van der Waals surface area contributed by atoms with Gasteiger partial charge in [-0.3, -0.25) is 0 Å². The summed E-state index contributed by atoms with van der Waals surface area (Å²) in [6, 6.07) is 12.3. The third kappa shape index (κ3) is 3.48. The van der Waals surface area contributed by atoms with Crippen LogP contribution >= 0.6 is 23.4 Å². The molecule has 0 saturated heterocycles. The smallest absolute Gasteiger partial charge is 0.123 e. The normalized spacial score (nSPS) is 10.6. The van der Waals surface area contributed by atoms with Crippen molar-refractivity contribution in [3.8, 4) is 0 Å². The lowest BCUT2D eigenvalue weighted by Gasteiger charge is -2.09. The first-order valence-corrected chi connectivity index (χ1v) is 6.75. The second kappa shape index (κ2) is 6.23. The summed E-state index contributed by atoms with van der Waals surface area (Å²) in [6.07, 6.45) is 0. The Kier molecular flexibility index (Phi) is 4.64. The highest BCUT2D eigenvalue weighted by Crippen LogP contribution is 2.32. The summed E-state index contributed by atoms with van der Waals surface area (Å²) >= 11 is 7.60. The quantitative estimate of drug-likeness (QED) is 0.894. The Labute approximate surface area is 115 Å². The van der Waals surface area contributed by atoms with Gasteiger partial charge in [0.25, 0.3) is 0 Å². The standard InChI is InChI=1S/C14H13ClFNS/c1-17-9-10-8-11(15)2-7-14(10)18-13-5-3-12(16)4-6-13/h2-8,17H,9H2,1H3. The van der Waals surface area contributed by atoms with Crippen LogP contribution in [0.5, 0.6) is 0 Å². The first-order chi connectivity index (χ1) is 8.69. The van der Waals surface area contributed by atoms with Crippen LogP contribution in [0, 0.1) is 5.82 Å². The van der Waals surface area contributed by atoms with Gasteiger partial charge in [0, 0.05) is 21.4 Å². The molecular formula is C14H13ClFNS. The molecule has 2 rings (SSSR count). The Balaban J connectivity index is 2.25. The van der Waals surface area contributed by atoms with Gasteiger partial charge in [-0.1, -0.05) is 23.4 Å². The third-order valence-electron chi connectivity index (χ3n) is 2.43. The van der Waals surface area contributed by atoms with Crippen LogP contribution in [0.1, 0.15) is 5.56 Å². The molecule has 0 aliphatic heterocycles. The van der Waals surface area contributed by atoms with Crippen molar-refractivity contribution in [1.29, 1.82) is 0 Å². The summed E-state index contributed by atoms with van der Waals surface area (Å²) in [6.45, 7) is 0.754. The van der Waals surface area contributed by atoms with Crippen molar-refractivity contribution in [2.24, 2.45) is 0 Å². The van der Waals surface area contributed by atoms with Gasteiger partial charge in [-0.15, -0.1) is 0 Å². The molecule has 0 saturated carbocycles. The molecule has 0 aliphatic carbocycles. The second-order valence-corrected chi connectivity index (χ2v) is 5.39. The van der Waals surface area contributed by atoms with Crippen LogP contribution in [-0.2, 0) is 6.54 Å². The number of benzene rings is 2. The Bertz CT molecular complexity index is 528. The highest BCUT2D eigenvalue weighted by molar-refractivity contribution is 7.99. The molecule has 2 aromatic rings. The van der Waals surface area contributed by atoms with E-state index in [2.05, 4.69) is 5.32 Å². The zero-order valence-corrected chi connectivity index (χ0v) is 11.5. The van der Waals surface area contributed by atoms with Crippen molar-refractivity contribution in [3.63, 3.8) is 0 Å². The van der Waals surface area contributed by atoms with Crippen LogP contribution in [0.25, 0.3) is 0 Å². The Morgan fingerprint density at radius 1 is 1.17 bits per heavy atom. The zero-order chi connectivity index (χ0) is 13.0. The highest BCUT2D eigenvalue weighted by atomic mass is 35.5. The van der Waals surface area contributed by atoms with Crippen molar-refractivity contribution in [2.45, 2.75) is 16.3 Å². The summed E-state index contributed by atoms with van der Waals surface area (Å²) in [5, 5.41) is 3.84. The minimum atomic E-state index is -0.217. The molecular weight excluding hydrogens is 269 g/mol. The zero-order valence-electron chi connectivity index (χ0n) is 9.91. The molecule has 94 valence electrons. The average molecular weight is 282 g/mol. The molecule has 1 N–H and O–H groups in total. The predicted molar refractivity (Wildman–Crippen MR) is 74.7 cm³/mol. The topological polar surface area (TPSA) is 12.0 Å². The van der Waals surface area contributed by atoms with Gasteiger partial charge in [-0.05, 0) is 55.1 Å². The van der Waals surface area contributed by atoms with Crippen LogP contribution in [0.15, 0.2) is 52.3 Å². The molecule has 0 atom stereocenters. The van der Waals surface area contributed by atoms with Gasteiger partial charge in [-0.25, -0.2) is 4.39 Å². The molecule has 0 amide bonds. The first-order valence-electron chi connectivity index (χ1n) is 5.55. The van der Waals surface area contributed by atoms with Gasteiger partial charge in [0.2, 0.25) is 0 Å². The number of hydrogen-bond donors (Lipinski definition) is 1. The van der Waals surface area contributed by atoms with Crippen LogP contribution in [0.4, 0.5) is 4.39 Å².